The lowest BCUT2D eigenvalue weighted by Crippen LogP contribution is -1.84. The van der Waals surface area contributed by atoms with Crippen molar-refractivity contribution in [1.29, 1.82) is 0 Å². The average molecular weight is 224 g/mol. The Morgan fingerprint density at radius 3 is 2.13 bits per heavy atom. The lowest BCUT2D eigenvalue weighted by molar-refractivity contribution is 0.405. The van der Waals surface area contributed by atoms with Crippen LogP contribution in [0.4, 0.5) is 5.69 Å². The van der Waals surface area contributed by atoms with E-state index >= 15 is 0 Å². The highest BCUT2D eigenvalue weighted by atomic mass is 31.1. The Morgan fingerprint density at radius 1 is 1.00 bits per heavy atom. The first-order valence-electron chi connectivity index (χ1n) is 4.19. The molecule has 4 nitrogen and oxygen atoms in total. The van der Waals surface area contributed by atoms with Crippen molar-refractivity contribution in [3.63, 3.8) is 0 Å². The molecule has 0 atom stereocenters. The van der Waals surface area contributed by atoms with Crippen molar-refractivity contribution < 1.29 is 14.4 Å². The van der Waals surface area contributed by atoms with Gasteiger partial charge in [-0.2, -0.15) is 0 Å². The van der Waals surface area contributed by atoms with Crippen molar-refractivity contribution >= 4 is 24.7 Å². The van der Waals surface area contributed by atoms with Crippen LogP contribution >= 0.6 is 8.25 Å². The zero-order valence-corrected chi connectivity index (χ0v) is 8.76. The molecule has 2 aromatic carbocycles. The quantitative estimate of drug-likeness (QED) is 0.472. The summed E-state index contributed by atoms with van der Waals surface area (Å²) in [6.07, 6.45) is 0. The fourth-order valence-electron chi connectivity index (χ4n) is 1.25. The van der Waals surface area contributed by atoms with Gasteiger partial charge in [-0.15, -0.1) is 9.79 Å². The molecule has 0 spiro atoms. The lowest BCUT2D eigenvalue weighted by Gasteiger charge is -1.98. The fraction of sp³-hybridized carbons (Fsp3) is 0. The van der Waals surface area contributed by atoms with Gasteiger partial charge in [-0.1, -0.05) is 36.4 Å². The zero-order valence-electron chi connectivity index (χ0n) is 7.87. The Balaban J connectivity index is 0.000000245. The van der Waals surface area contributed by atoms with E-state index in [0.29, 0.717) is 0 Å². The second-order valence-corrected chi connectivity index (χ2v) is 3.33. The van der Waals surface area contributed by atoms with E-state index in [1.54, 1.807) is 0 Å². The minimum atomic E-state index is -2.87. The van der Waals surface area contributed by atoms with Crippen LogP contribution in [0.1, 0.15) is 0 Å². The molecule has 15 heavy (non-hydrogen) atoms. The maximum Gasteiger partial charge on any atom is 0.692 e. The van der Waals surface area contributed by atoms with Gasteiger partial charge in [0.2, 0.25) is 0 Å². The van der Waals surface area contributed by atoms with Crippen LogP contribution in [0, 0.1) is 0 Å². The molecule has 0 bridgehead atoms. The molecule has 0 aliphatic carbocycles. The van der Waals surface area contributed by atoms with Gasteiger partial charge < -0.3 is 5.73 Å². The molecule has 5 heteroatoms. The highest BCUT2D eigenvalue weighted by Gasteiger charge is 1.93. The summed E-state index contributed by atoms with van der Waals surface area (Å²) in [4.78, 5) is 14.2. The van der Waals surface area contributed by atoms with Crippen molar-refractivity contribution in [1.82, 2.24) is 0 Å². The molecule has 0 radical (unpaired) electrons. The first-order chi connectivity index (χ1) is 7.11. The number of benzene rings is 2. The van der Waals surface area contributed by atoms with Crippen LogP contribution in [0.3, 0.4) is 0 Å². The summed E-state index contributed by atoms with van der Waals surface area (Å²) in [5.41, 5.74) is 6.61. The summed E-state index contributed by atoms with van der Waals surface area (Å²) < 4.78 is 8.70. The third kappa shape index (κ3) is 3.64. The molecule has 0 fully saturated rings. The summed E-state index contributed by atoms with van der Waals surface area (Å²) in [6.45, 7) is 0. The van der Waals surface area contributed by atoms with Crippen molar-refractivity contribution in [2.45, 2.75) is 0 Å². The van der Waals surface area contributed by atoms with Crippen molar-refractivity contribution in [2.24, 2.45) is 0 Å². The molecule has 0 aliphatic rings. The monoisotopic (exact) mass is 224 g/mol. The Labute approximate surface area is 87.9 Å². The number of rotatable bonds is 0. The number of fused-ring (bicyclic) bond motifs is 1. The summed E-state index contributed by atoms with van der Waals surface area (Å²) in [5, 5.41) is 2.34. The van der Waals surface area contributed by atoms with Crippen LogP contribution in [0.5, 0.6) is 0 Å². The third-order valence-corrected chi connectivity index (χ3v) is 1.82. The van der Waals surface area contributed by atoms with Crippen molar-refractivity contribution in [3.8, 4) is 0 Å². The number of nitrogens with two attached hydrogens (primary N) is 1. The van der Waals surface area contributed by atoms with Gasteiger partial charge in [-0.05, 0) is 11.5 Å². The number of anilines is 1. The Hall–Kier alpha value is -1.48. The van der Waals surface area contributed by atoms with Gasteiger partial charge in [-0.3, -0.25) is 0 Å². The predicted octanol–water partition coefficient (Wildman–Crippen LogP) is 2.05. The molecule has 0 aliphatic heterocycles. The largest absolute Gasteiger partial charge is 0.692 e. The van der Waals surface area contributed by atoms with Gasteiger partial charge in [0, 0.05) is 15.6 Å². The van der Waals surface area contributed by atoms with Gasteiger partial charge in [0.1, 0.15) is 0 Å². The lowest BCUT2D eigenvalue weighted by atomic mass is 10.1. The van der Waals surface area contributed by atoms with E-state index in [1.165, 1.54) is 5.39 Å². The predicted molar refractivity (Wildman–Crippen MR) is 60.4 cm³/mol. The van der Waals surface area contributed by atoms with E-state index in [2.05, 4.69) is 12.1 Å². The Morgan fingerprint density at radius 2 is 1.53 bits per heavy atom. The smallest absolute Gasteiger partial charge is 0.398 e. The van der Waals surface area contributed by atoms with E-state index in [9.17, 15) is 0 Å². The molecule has 2 aromatic rings. The second-order valence-electron chi connectivity index (χ2n) is 2.82. The van der Waals surface area contributed by atoms with Crippen molar-refractivity contribution in [3.05, 3.63) is 42.5 Å². The highest BCUT2D eigenvalue weighted by Crippen LogP contribution is 2.19. The highest BCUT2D eigenvalue weighted by molar-refractivity contribution is 7.30. The first-order valence-corrected chi connectivity index (χ1v) is 5.36. The van der Waals surface area contributed by atoms with Gasteiger partial charge >= 0.3 is 8.25 Å². The van der Waals surface area contributed by atoms with E-state index in [4.69, 9.17) is 20.1 Å². The fourth-order valence-corrected chi connectivity index (χ4v) is 1.25. The van der Waals surface area contributed by atoms with Crippen LogP contribution in [0.15, 0.2) is 42.5 Å². The van der Waals surface area contributed by atoms with Crippen LogP contribution in [0.25, 0.3) is 10.8 Å². The minimum Gasteiger partial charge on any atom is -0.398 e. The molecule has 2 rings (SSSR count). The SMILES string of the molecule is Nc1cccc2ccccc12.O=[P+](O)O. The molecule has 4 N–H and O–H groups in total. The first kappa shape index (κ1) is 11.6. The van der Waals surface area contributed by atoms with Crippen LogP contribution < -0.4 is 5.73 Å². The number of hydrogen-bond acceptors (Lipinski definition) is 2. The molecule has 0 heterocycles. The topological polar surface area (TPSA) is 83.6 Å². The van der Waals surface area contributed by atoms with Crippen LogP contribution in [0.2, 0.25) is 0 Å². The maximum absolute atomic E-state index is 8.70. The third-order valence-electron chi connectivity index (χ3n) is 1.82. The van der Waals surface area contributed by atoms with Crippen LogP contribution in [-0.2, 0) is 4.57 Å². The Kier molecular flexibility index (Phi) is 4.18. The molecular weight excluding hydrogens is 213 g/mol. The number of nitrogen functional groups attached to an aromatic ring is 1. The molecule has 78 valence electrons. The van der Waals surface area contributed by atoms with Crippen molar-refractivity contribution in [2.75, 3.05) is 5.73 Å². The van der Waals surface area contributed by atoms with E-state index < -0.39 is 8.25 Å². The van der Waals surface area contributed by atoms with E-state index in [0.717, 1.165) is 11.1 Å². The molecule has 0 aromatic heterocycles. The Bertz CT molecular complexity index is 464. The summed E-state index contributed by atoms with van der Waals surface area (Å²) in [6, 6.07) is 14.1. The summed E-state index contributed by atoms with van der Waals surface area (Å²) in [5.74, 6) is 0. The number of hydrogen-bond donors (Lipinski definition) is 3. The van der Waals surface area contributed by atoms with Crippen LogP contribution in [-0.4, -0.2) is 9.79 Å². The molecule has 0 amide bonds. The summed E-state index contributed by atoms with van der Waals surface area (Å²) >= 11 is 0. The molecule has 0 saturated heterocycles. The zero-order chi connectivity index (χ0) is 11.3. The van der Waals surface area contributed by atoms with Gasteiger partial charge in [0.05, 0.1) is 0 Å². The maximum atomic E-state index is 8.70. The van der Waals surface area contributed by atoms with Gasteiger partial charge in [0.25, 0.3) is 0 Å². The minimum absolute atomic E-state index is 0.850. The molecular formula is C10H11NO3P+. The normalized spacial score (nSPS) is 9.20. The standard InChI is InChI=1S/C10H9N.HO3P/c11-10-7-3-5-8-4-1-2-6-9(8)10;1-4(2)3/h1-7H,11H2;(H-,1,2,3)/p+1. The average Bonchev–Trinajstić information content (AvgIpc) is 2.18. The summed E-state index contributed by atoms with van der Waals surface area (Å²) in [7, 11) is -2.87. The van der Waals surface area contributed by atoms with Gasteiger partial charge in [-0.25, -0.2) is 0 Å². The molecule has 0 unspecified atom stereocenters. The second kappa shape index (κ2) is 5.41. The van der Waals surface area contributed by atoms with E-state index in [-0.39, 0.29) is 0 Å². The molecule has 0 saturated carbocycles. The van der Waals surface area contributed by atoms with Gasteiger partial charge in [0.15, 0.2) is 0 Å². The van der Waals surface area contributed by atoms with E-state index in [1.807, 2.05) is 30.3 Å².